The van der Waals surface area contributed by atoms with E-state index in [1.807, 2.05) is 43.1 Å². The lowest BCUT2D eigenvalue weighted by Gasteiger charge is -2.29. The van der Waals surface area contributed by atoms with Crippen molar-refractivity contribution in [2.45, 2.75) is 18.8 Å². The Morgan fingerprint density at radius 3 is 2.62 bits per heavy atom. The van der Waals surface area contributed by atoms with Crippen molar-refractivity contribution in [2.24, 2.45) is 0 Å². The van der Waals surface area contributed by atoms with Crippen molar-refractivity contribution in [1.29, 1.82) is 0 Å². The molecule has 0 aliphatic carbocycles. The normalized spacial score (nSPS) is 16.5. The van der Waals surface area contributed by atoms with E-state index in [-0.39, 0.29) is 0 Å². The standard InChI is InChI=1S/C21H21N5/c1-26-10-5-15(6-11-26)20-18-13-25-21-19(16(18)4-9-23-20)17(12-24-21)14-2-7-22-8-3-14/h2-4,7-9,12-13,15H,5-6,10-11H2,1H3,(H,24,25). The summed E-state index contributed by atoms with van der Waals surface area (Å²) in [6.07, 6.45) is 12.0. The molecule has 26 heavy (non-hydrogen) atoms. The Balaban J connectivity index is 1.71. The van der Waals surface area contributed by atoms with Gasteiger partial charge in [-0.2, -0.15) is 0 Å². The molecule has 1 aliphatic rings. The highest BCUT2D eigenvalue weighted by atomic mass is 15.1. The smallest absolute Gasteiger partial charge is 0.138 e. The van der Waals surface area contributed by atoms with Crippen molar-refractivity contribution in [3.05, 3.63) is 54.9 Å². The number of pyridine rings is 3. The molecular weight excluding hydrogens is 322 g/mol. The Hall–Kier alpha value is -2.79. The summed E-state index contributed by atoms with van der Waals surface area (Å²) < 4.78 is 0. The van der Waals surface area contributed by atoms with Crippen LogP contribution in [0.15, 0.2) is 49.2 Å². The summed E-state index contributed by atoms with van der Waals surface area (Å²) >= 11 is 0. The lowest BCUT2D eigenvalue weighted by molar-refractivity contribution is 0.254. The van der Waals surface area contributed by atoms with Gasteiger partial charge in [0.05, 0.1) is 5.69 Å². The van der Waals surface area contributed by atoms with E-state index in [9.17, 15) is 0 Å². The minimum Gasteiger partial charge on any atom is -0.345 e. The van der Waals surface area contributed by atoms with Gasteiger partial charge >= 0.3 is 0 Å². The molecule has 5 rings (SSSR count). The minimum atomic E-state index is 0.512. The van der Waals surface area contributed by atoms with Crippen LogP contribution in [0.1, 0.15) is 24.5 Å². The first-order valence-corrected chi connectivity index (χ1v) is 9.15. The van der Waals surface area contributed by atoms with Crippen molar-refractivity contribution in [2.75, 3.05) is 20.1 Å². The third-order valence-corrected chi connectivity index (χ3v) is 5.57. The molecule has 1 fully saturated rings. The lowest BCUT2D eigenvalue weighted by atomic mass is 9.90. The van der Waals surface area contributed by atoms with E-state index in [1.165, 1.54) is 27.4 Å². The Bertz CT molecular complexity index is 1060. The summed E-state index contributed by atoms with van der Waals surface area (Å²) in [6, 6.07) is 6.21. The largest absolute Gasteiger partial charge is 0.345 e. The molecule has 0 radical (unpaired) electrons. The van der Waals surface area contributed by atoms with Gasteiger partial charge in [0.1, 0.15) is 5.65 Å². The second-order valence-corrected chi connectivity index (χ2v) is 7.16. The average molecular weight is 343 g/mol. The zero-order valence-electron chi connectivity index (χ0n) is 14.8. The zero-order chi connectivity index (χ0) is 17.5. The Kier molecular flexibility index (Phi) is 3.68. The van der Waals surface area contributed by atoms with E-state index in [1.54, 1.807) is 0 Å². The number of nitrogens with one attached hydrogen (secondary N) is 1. The fourth-order valence-corrected chi connectivity index (χ4v) is 4.13. The number of rotatable bonds is 2. The fraction of sp³-hybridized carbons (Fsp3) is 0.286. The van der Waals surface area contributed by atoms with Gasteiger partial charge in [-0.3, -0.25) is 9.97 Å². The number of aromatic amines is 1. The quantitative estimate of drug-likeness (QED) is 0.598. The maximum atomic E-state index is 4.77. The fourth-order valence-electron chi connectivity index (χ4n) is 4.13. The zero-order valence-corrected chi connectivity index (χ0v) is 14.8. The predicted octanol–water partition coefficient (Wildman–Crippen LogP) is 3.98. The van der Waals surface area contributed by atoms with E-state index < -0.39 is 0 Å². The molecule has 0 unspecified atom stereocenters. The highest BCUT2D eigenvalue weighted by molar-refractivity contribution is 6.12. The van der Waals surface area contributed by atoms with E-state index in [4.69, 9.17) is 9.97 Å². The monoisotopic (exact) mass is 343 g/mol. The first kappa shape index (κ1) is 15.5. The van der Waals surface area contributed by atoms with Crippen LogP contribution in [-0.2, 0) is 0 Å². The van der Waals surface area contributed by atoms with Crippen LogP contribution in [0.25, 0.3) is 32.9 Å². The summed E-state index contributed by atoms with van der Waals surface area (Å²) in [6.45, 7) is 2.26. The van der Waals surface area contributed by atoms with Gasteiger partial charge in [-0.05, 0) is 62.1 Å². The SMILES string of the molecule is CN1CCC(c2nccc3c2cnc2[nH]cc(-c4ccncc4)c23)CC1. The molecule has 0 amide bonds. The maximum Gasteiger partial charge on any atom is 0.138 e. The van der Waals surface area contributed by atoms with Crippen molar-refractivity contribution in [3.63, 3.8) is 0 Å². The molecule has 5 nitrogen and oxygen atoms in total. The molecule has 5 heteroatoms. The second-order valence-electron chi connectivity index (χ2n) is 7.16. The number of H-pyrrole nitrogens is 1. The molecule has 0 aromatic carbocycles. The van der Waals surface area contributed by atoms with Crippen LogP contribution in [-0.4, -0.2) is 45.0 Å². The van der Waals surface area contributed by atoms with Gasteiger partial charge < -0.3 is 9.88 Å². The maximum absolute atomic E-state index is 4.77. The van der Waals surface area contributed by atoms with E-state index in [0.29, 0.717) is 5.92 Å². The topological polar surface area (TPSA) is 57.7 Å². The van der Waals surface area contributed by atoms with Gasteiger partial charge in [0.15, 0.2) is 0 Å². The van der Waals surface area contributed by atoms with Crippen molar-refractivity contribution in [3.8, 4) is 11.1 Å². The van der Waals surface area contributed by atoms with Gasteiger partial charge in [-0.25, -0.2) is 4.98 Å². The van der Waals surface area contributed by atoms with E-state index in [0.717, 1.165) is 37.1 Å². The number of hydrogen-bond donors (Lipinski definition) is 1. The third-order valence-electron chi connectivity index (χ3n) is 5.57. The molecule has 4 aromatic rings. The first-order chi connectivity index (χ1) is 12.8. The van der Waals surface area contributed by atoms with Gasteiger partial charge in [0, 0.05) is 53.2 Å². The molecule has 4 aromatic heterocycles. The highest BCUT2D eigenvalue weighted by Gasteiger charge is 2.22. The van der Waals surface area contributed by atoms with Crippen LogP contribution in [0.2, 0.25) is 0 Å². The van der Waals surface area contributed by atoms with Crippen LogP contribution >= 0.6 is 0 Å². The van der Waals surface area contributed by atoms with Crippen LogP contribution < -0.4 is 0 Å². The van der Waals surface area contributed by atoms with Crippen molar-refractivity contribution >= 4 is 21.8 Å². The van der Waals surface area contributed by atoms with Crippen LogP contribution in [0.5, 0.6) is 0 Å². The molecule has 0 saturated carbocycles. The summed E-state index contributed by atoms with van der Waals surface area (Å²) in [5, 5.41) is 3.58. The molecule has 5 heterocycles. The number of piperidine rings is 1. The van der Waals surface area contributed by atoms with E-state index >= 15 is 0 Å². The second kappa shape index (κ2) is 6.18. The van der Waals surface area contributed by atoms with Crippen LogP contribution in [0, 0.1) is 0 Å². The Labute approximate surface area is 152 Å². The molecule has 1 saturated heterocycles. The van der Waals surface area contributed by atoms with Gasteiger partial charge in [-0.1, -0.05) is 0 Å². The molecule has 0 atom stereocenters. The Morgan fingerprint density at radius 1 is 1.00 bits per heavy atom. The molecule has 1 aliphatic heterocycles. The summed E-state index contributed by atoms with van der Waals surface area (Å²) in [4.78, 5) is 19.3. The average Bonchev–Trinajstić information content (AvgIpc) is 3.13. The number of nitrogens with zero attached hydrogens (tertiary/aromatic N) is 4. The van der Waals surface area contributed by atoms with Crippen molar-refractivity contribution in [1.82, 2.24) is 24.8 Å². The summed E-state index contributed by atoms with van der Waals surface area (Å²) in [5.74, 6) is 0.512. The predicted molar refractivity (Wildman–Crippen MR) is 104 cm³/mol. The van der Waals surface area contributed by atoms with Crippen molar-refractivity contribution < 1.29 is 0 Å². The van der Waals surface area contributed by atoms with Gasteiger partial charge in [0.25, 0.3) is 0 Å². The molecule has 0 spiro atoms. The summed E-state index contributed by atoms with van der Waals surface area (Å²) in [7, 11) is 2.19. The molecular formula is C21H21N5. The number of likely N-dealkylation sites (tertiary alicyclic amines) is 1. The Morgan fingerprint density at radius 2 is 1.81 bits per heavy atom. The van der Waals surface area contributed by atoms with Crippen LogP contribution in [0.4, 0.5) is 0 Å². The highest BCUT2D eigenvalue weighted by Crippen LogP contribution is 2.37. The number of aromatic nitrogens is 4. The third kappa shape index (κ3) is 2.47. The molecule has 1 N–H and O–H groups in total. The number of fused-ring (bicyclic) bond motifs is 3. The molecule has 0 bridgehead atoms. The minimum absolute atomic E-state index is 0.512. The lowest BCUT2D eigenvalue weighted by Crippen LogP contribution is -2.29. The summed E-state index contributed by atoms with van der Waals surface area (Å²) in [5.41, 5.74) is 4.44. The van der Waals surface area contributed by atoms with Crippen LogP contribution in [0.3, 0.4) is 0 Å². The molecule has 130 valence electrons. The van der Waals surface area contributed by atoms with Gasteiger partial charge in [-0.15, -0.1) is 0 Å². The van der Waals surface area contributed by atoms with E-state index in [2.05, 4.69) is 28.0 Å². The number of hydrogen-bond acceptors (Lipinski definition) is 4. The first-order valence-electron chi connectivity index (χ1n) is 9.15. The van der Waals surface area contributed by atoms with Gasteiger partial charge in [0.2, 0.25) is 0 Å².